The maximum atomic E-state index is 11.6. The number of methoxy groups -OCH3 is 1. The number of thioether (sulfide) groups is 1. The highest BCUT2D eigenvalue weighted by Gasteiger charge is 2.20. The number of hydrogen-bond donors (Lipinski definition) is 0. The predicted octanol–water partition coefficient (Wildman–Crippen LogP) is 5.51. The summed E-state index contributed by atoms with van der Waals surface area (Å²) >= 11 is 13.6. The van der Waals surface area contributed by atoms with E-state index in [2.05, 4.69) is 14.9 Å². The zero-order valence-corrected chi connectivity index (χ0v) is 17.3. The van der Waals surface area contributed by atoms with Gasteiger partial charge in [0.2, 0.25) is 11.6 Å². The Hall–Kier alpha value is -2.68. The van der Waals surface area contributed by atoms with E-state index in [4.69, 9.17) is 32.0 Å². The van der Waals surface area contributed by atoms with Crippen LogP contribution in [0.4, 0.5) is 0 Å². The van der Waals surface area contributed by atoms with Gasteiger partial charge in [-0.3, -0.25) is 4.57 Å². The summed E-state index contributed by atoms with van der Waals surface area (Å²) in [6, 6.07) is 12.1. The number of ether oxygens (including phenoxy) is 1. The smallest absolute Gasteiger partial charge is 0.373 e. The largest absolute Gasteiger partial charge is 0.463 e. The summed E-state index contributed by atoms with van der Waals surface area (Å²) in [4.78, 5) is 11.6. The van der Waals surface area contributed by atoms with Gasteiger partial charge in [0.15, 0.2) is 10.9 Å². The number of carbonyl (C=O) groups is 1. The zero-order chi connectivity index (χ0) is 20.4. The summed E-state index contributed by atoms with van der Waals surface area (Å²) in [6.07, 6.45) is 1.56. The Bertz CT molecular complexity index is 1150. The van der Waals surface area contributed by atoms with Crippen LogP contribution in [0.3, 0.4) is 0 Å². The summed E-state index contributed by atoms with van der Waals surface area (Å²) in [6.45, 7) is 0. The van der Waals surface area contributed by atoms with Gasteiger partial charge in [0, 0.05) is 0 Å². The van der Waals surface area contributed by atoms with Gasteiger partial charge in [0.1, 0.15) is 5.76 Å². The van der Waals surface area contributed by atoms with Crippen LogP contribution in [0.15, 0.2) is 62.7 Å². The van der Waals surface area contributed by atoms with Crippen molar-refractivity contribution < 1.29 is 18.4 Å². The quantitative estimate of drug-likeness (QED) is 0.283. The molecule has 0 bridgehead atoms. The number of furan rings is 2. The van der Waals surface area contributed by atoms with Crippen molar-refractivity contribution in [3.05, 3.63) is 70.3 Å². The zero-order valence-electron chi connectivity index (χ0n) is 15.0. The summed E-state index contributed by atoms with van der Waals surface area (Å²) < 4.78 is 17.5. The van der Waals surface area contributed by atoms with Crippen LogP contribution >= 0.6 is 35.0 Å². The molecule has 29 heavy (non-hydrogen) atoms. The lowest BCUT2D eigenvalue weighted by molar-refractivity contribution is 0.0563. The van der Waals surface area contributed by atoms with Crippen molar-refractivity contribution in [1.82, 2.24) is 14.8 Å². The molecule has 0 aliphatic carbocycles. The molecule has 0 radical (unpaired) electrons. The first kappa shape index (κ1) is 19.6. The molecule has 0 atom stereocenters. The van der Waals surface area contributed by atoms with Crippen LogP contribution in [-0.2, 0) is 10.5 Å². The van der Waals surface area contributed by atoms with Gasteiger partial charge in [0.05, 0.1) is 34.9 Å². The molecule has 148 valence electrons. The minimum Gasteiger partial charge on any atom is -0.463 e. The molecular weight excluding hydrogens is 437 g/mol. The Balaban J connectivity index is 1.67. The van der Waals surface area contributed by atoms with E-state index in [-0.39, 0.29) is 5.76 Å². The van der Waals surface area contributed by atoms with Crippen molar-refractivity contribution in [3.63, 3.8) is 0 Å². The Morgan fingerprint density at radius 3 is 2.76 bits per heavy atom. The van der Waals surface area contributed by atoms with Gasteiger partial charge < -0.3 is 13.6 Å². The minimum absolute atomic E-state index is 0.144. The van der Waals surface area contributed by atoms with Crippen molar-refractivity contribution in [2.75, 3.05) is 7.11 Å². The van der Waals surface area contributed by atoms with E-state index in [1.54, 1.807) is 42.7 Å². The third kappa shape index (κ3) is 4.05. The fourth-order valence-electron chi connectivity index (χ4n) is 2.59. The van der Waals surface area contributed by atoms with Gasteiger partial charge in [-0.25, -0.2) is 4.79 Å². The fourth-order valence-corrected chi connectivity index (χ4v) is 3.73. The molecule has 0 aliphatic heterocycles. The van der Waals surface area contributed by atoms with Crippen molar-refractivity contribution in [3.8, 4) is 17.3 Å². The molecule has 1 aromatic carbocycles. The minimum atomic E-state index is -0.527. The lowest BCUT2D eigenvalue weighted by Crippen LogP contribution is -1.99. The van der Waals surface area contributed by atoms with Crippen LogP contribution in [0.5, 0.6) is 0 Å². The number of nitrogens with zero attached hydrogens (tertiary/aromatic N) is 3. The van der Waals surface area contributed by atoms with E-state index in [1.807, 2.05) is 10.6 Å². The van der Waals surface area contributed by atoms with Gasteiger partial charge in [-0.05, 0) is 42.5 Å². The summed E-state index contributed by atoms with van der Waals surface area (Å²) in [5.41, 5.74) is 0.730. The van der Waals surface area contributed by atoms with Crippen LogP contribution in [0, 0.1) is 0 Å². The molecule has 0 fully saturated rings. The van der Waals surface area contributed by atoms with E-state index in [9.17, 15) is 4.79 Å². The molecule has 3 heterocycles. The van der Waals surface area contributed by atoms with Crippen LogP contribution in [0.1, 0.15) is 16.3 Å². The maximum Gasteiger partial charge on any atom is 0.373 e. The third-order valence-electron chi connectivity index (χ3n) is 3.93. The Labute approximate surface area is 179 Å². The number of rotatable bonds is 6. The Morgan fingerprint density at radius 1 is 1.17 bits per heavy atom. The van der Waals surface area contributed by atoms with Crippen molar-refractivity contribution in [2.45, 2.75) is 10.9 Å². The van der Waals surface area contributed by atoms with E-state index in [0.717, 1.165) is 5.69 Å². The van der Waals surface area contributed by atoms with Gasteiger partial charge in [0.25, 0.3) is 0 Å². The molecule has 7 nitrogen and oxygen atoms in total. The SMILES string of the molecule is COC(=O)c1ccc(CSc2nnc(-c3ccco3)n2-c2ccc(Cl)c(Cl)c2)o1. The summed E-state index contributed by atoms with van der Waals surface area (Å²) in [5.74, 6) is 1.71. The highest BCUT2D eigenvalue weighted by atomic mass is 35.5. The monoisotopic (exact) mass is 449 g/mol. The number of hydrogen-bond acceptors (Lipinski definition) is 7. The topological polar surface area (TPSA) is 83.3 Å². The molecule has 0 aliphatic rings. The van der Waals surface area contributed by atoms with Crippen molar-refractivity contribution >= 4 is 40.9 Å². The van der Waals surface area contributed by atoms with Crippen molar-refractivity contribution in [1.29, 1.82) is 0 Å². The molecular formula is C19H13Cl2N3O4S. The van der Waals surface area contributed by atoms with Crippen LogP contribution in [0.25, 0.3) is 17.3 Å². The average molecular weight is 450 g/mol. The Morgan fingerprint density at radius 2 is 2.03 bits per heavy atom. The highest BCUT2D eigenvalue weighted by Crippen LogP contribution is 2.32. The highest BCUT2D eigenvalue weighted by molar-refractivity contribution is 7.98. The summed E-state index contributed by atoms with van der Waals surface area (Å²) in [7, 11) is 1.30. The number of aromatic nitrogens is 3. The van der Waals surface area contributed by atoms with Gasteiger partial charge >= 0.3 is 5.97 Å². The number of carbonyl (C=O) groups excluding carboxylic acids is 1. The lowest BCUT2D eigenvalue weighted by Gasteiger charge is -2.10. The first-order chi connectivity index (χ1) is 14.1. The Kier molecular flexibility index (Phi) is 5.66. The molecule has 4 aromatic rings. The molecule has 0 saturated heterocycles. The summed E-state index contributed by atoms with van der Waals surface area (Å²) in [5, 5.41) is 9.99. The third-order valence-corrected chi connectivity index (χ3v) is 5.62. The van der Waals surface area contributed by atoms with E-state index in [1.165, 1.54) is 18.9 Å². The van der Waals surface area contributed by atoms with Gasteiger partial charge in [-0.15, -0.1) is 10.2 Å². The number of benzene rings is 1. The molecule has 0 unspecified atom stereocenters. The molecule has 0 N–H and O–H groups in total. The fraction of sp³-hybridized carbons (Fsp3) is 0.105. The number of halogens is 2. The average Bonchev–Trinajstić information content (AvgIpc) is 3.47. The van der Waals surface area contributed by atoms with Gasteiger partial charge in [-0.2, -0.15) is 0 Å². The van der Waals surface area contributed by atoms with E-state index in [0.29, 0.717) is 38.3 Å². The second-order valence-corrected chi connectivity index (χ2v) is 7.52. The first-order valence-corrected chi connectivity index (χ1v) is 10.1. The predicted molar refractivity (Wildman–Crippen MR) is 109 cm³/mol. The van der Waals surface area contributed by atoms with E-state index >= 15 is 0 Å². The standard InChI is InChI=1S/C19H13Cl2N3O4S/c1-26-18(25)16-7-5-12(28-16)10-29-19-23-22-17(15-3-2-8-27-15)24(19)11-4-6-13(20)14(21)9-11/h2-9H,10H2,1H3. The maximum absolute atomic E-state index is 11.6. The van der Waals surface area contributed by atoms with Crippen LogP contribution < -0.4 is 0 Å². The second-order valence-electron chi connectivity index (χ2n) is 5.76. The molecule has 0 saturated carbocycles. The van der Waals surface area contributed by atoms with Gasteiger partial charge in [-0.1, -0.05) is 35.0 Å². The van der Waals surface area contributed by atoms with Crippen LogP contribution in [0.2, 0.25) is 10.0 Å². The normalized spacial score (nSPS) is 11.0. The van der Waals surface area contributed by atoms with E-state index < -0.39 is 5.97 Å². The number of esters is 1. The molecule has 0 spiro atoms. The van der Waals surface area contributed by atoms with Crippen LogP contribution in [-0.4, -0.2) is 27.8 Å². The lowest BCUT2D eigenvalue weighted by atomic mass is 10.3. The molecule has 10 heteroatoms. The molecule has 4 rings (SSSR count). The molecule has 3 aromatic heterocycles. The first-order valence-electron chi connectivity index (χ1n) is 8.31. The van der Waals surface area contributed by atoms with Crippen molar-refractivity contribution in [2.24, 2.45) is 0 Å². The molecule has 0 amide bonds. The second kappa shape index (κ2) is 8.36.